The summed E-state index contributed by atoms with van der Waals surface area (Å²) in [6.45, 7) is 3.98. The number of hydrogen-bond donors (Lipinski definition) is 2. The minimum Gasteiger partial charge on any atom is -0.502 e. The van der Waals surface area contributed by atoms with Crippen molar-refractivity contribution in [2.24, 2.45) is 0 Å². The summed E-state index contributed by atoms with van der Waals surface area (Å²) in [5, 5.41) is 16.1. The fraction of sp³-hybridized carbons (Fsp3) is 0.500. The fourth-order valence-corrected chi connectivity index (χ4v) is 5.14. The Morgan fingerprint density at radius 3 is 2.77 bits per heavy atom. The molecule has 3 rings (SSSR count). The Hall–Kier alpha value is -1.80. The number of thiazole rings is 1. The van der Waals surface area contributed by atoms with Crippen molar-refractivity contribution >= 4 is 29.0 Å². The number of rotatable bonds is 5. The molecular weight excluding hydrogens is 372 g/mol. The normalized spacial score (nSPS) is 16.4. The van der Waals surface area contributed by atoms with Crippen molar-refractivity contribution in [3.8, 4) is 5.75 Å². The van der Waals surface area contributed by atoms with Gasteiger partial charge >= 0.3 is 0 Å². The molecule has 140 valence electrons. The van der Waals surface area contributed by atoms with E-state index in [0.717, 1.165) is 22.2 Å². The molecule has 1 aliphatic heterocycles. The van der Waals surface area contributed by atoms with Crippen LogP contribution in [0.5, 0.6) is 5.75 Å². The number of carbonyl (C=O) groups excluding carboxylic acids is 1. The van der Waals surface area contributed by atoms with Crippen molar-refractivity contribution in [1.29, 1.82) is 0 Å². The van der Waals surface area contributed by atoms with Gasteiger partial charge in [-0.05, 0) is 38.2 Å². The van der Waals surface area contributed by atoms with Crippen LogP contribution < -0.4 is 10.7 Å². The van der Waals surface area contributed by atoms with Gasteiger partial charge in [-0.1, -0.05) is 0 Å². The number of aromatic hydroxyl groups is 1. The summed E-state index contributed by atoms with van der Waals surface area (Å²) in [4.78, 5) is 29.0. The van der Waals surface area contributed by atoms with E-state index in [4.69, 9.17) is 4.42 Å². The van der Waals surface area contributed by atoms with Crippen LogP contribution >= 0.6 is 23.1 Å². The minimum atomic E-state index is -0.650. The van der Waals surface area contributed by atoms with E-state index < -0.39 is 10.8 Å². The van der Waals surface area contributed by atoms with Crippen molar-refractivity contribution < 1.29 is 14.3 Å². The lowest BCUT2D eigenvalue weighted by molar-refractivity contribution is -0.122. The second-order valence-corrected chi connectivity index (χ2v) is 8.89. The highest BCUT2D eigenvalue weighted by Crippen LogP contribution is 2.43. The van der Waals surface area contributed by atoms with Crippen molar-refractivity contribution in [2.45, 2.75) is 45.1 Å². The average Bonchev–Trinajstić information content (AvgIpc) is 3.02. The first-order valence-corrected chi connectivity index (χ1v) is 10.5. The first kappa shape index (κ1) is 19.0. The Bertz CT molecular complexity index is 853. The number of amides is 1. The van der Waals surface area contributed by atoms with E-state index in [0.29, 0.717) is 25.1 Å². The number of thioether (sulfide) groups is 1. The van der Waals surface area contributed by atoms with E-state index in [1.54, 1.807) is 30.0 Å². The van der Waals surface area contributed by atoms with Gasteiger partial charge in [-0.25, -0.2) is 4.98 Å². The van der Waals surface area contributed by atoms with Crippen molar-refractivity contribution in [1.82, 2.24) is 10.3 Å². The molecule has 0 radical (unpaired) electrons. The van der Waals surface area contributed by atoms with Gasteiger partial charge in [-0.15, -0.1) is 11.3 Å². The number of aryl methyl sites for hydroxylation is 2. The van der Waals surface area contributed by atoms with E-state index in [2.05, 4.69) is 10.3 Å². The van der Waals surface area contributed by atoms with Gasteiger partial charge in [0.15, 0.2) is 5.76 Å². The van der Waals surface area contributed by atoms with Crippen LogP contribution in [0.2, 0.25) is 0 Å². The van der Waals surface area contributed by atoms with Gasteiger partial charge in [0.1, 0.15) is 5.76 Å². The first-order chi connectivity index (χ1) is 12.4. The van der Waals surface area contributed by atoms with Crippen LogP contribution in [-0.2, 0) is 16.8 Å². The number of carbonyl (C=O) groups is 1. The summed E-state index contributed by atoms with van der Waals surface area (Å²) in [6, 6.07) is 1.27. The lowest BCUT2D eigenvalue weighted by atomic mass is 9.75. The molecule has 0 aliphatic carbocycles. The molecular formula is C18H22N2O4S2. The number of aromatic nitrogens is 1. The predicted octanol–water partition coefficient (Wildman–Crippen LogP) is 2.89. The summed E-state index contributed by atoms with van der Waals surface area (Å²) in [5.74, 6) is 1.91. The Morgan fingerprint density at radius 1 is 1.38 bits per heavy atom. The zero-order valence-corrected chi connectivity index (χ0v) is 16.5. The Kier molecular flexibility index (Phi) is 5.72. The van der Waals surface area contributed by atoms with Crippen LogP contribution in [0.15, 0.2) is 20.7 Å². The monoisotopic (exact) mass is 394 g/mol. The van der Waals surface area contributed by atoms with E-state index in [-0.39, 0.29) is 23.8 Å². The molecule has 1 saturated heterocycles. The van der Waals surface area contributed by atoms with E-state index in [9.17, 15) is 14.7 Å². The third kappa shape index (κ3) is 4.12. The van der Waals surface area contributed by atoms with Crippen LogP contribution in [0, 0.1) is 13.8 Å². The Labute approximate surface area is 160 Å². The Balaban J connectivity index is 1.81. The quantitative estimate of drug-likeness (QED) is 0.810. The summed E-state index contributed by atoms with van der Waals surface area (Å²) < 4.78 is 5.75. The lowest BCUT2D eigenvalue weighted by Crippen LogP contribution is -2.38. The lowest BCUT2D eigenvalue weighted by Gasteiger charge is -2.35. The maximum Gasteiger partial charge on any atom is 0.227 e. The van der Waals surface area contributed by atoms with Gasteiger partial charge in [-0.2, -0.15) is 11.8 Å². The number of nitrogens with one attached hydrogen (secondary N) is 1. The summed E-state index contributed by atoms with van der Waals surface area (Å²) >= 11 is 3.35. The van der Waals surface area contributed by atoms with Crippen molar-refractivity contribution in [3.63, 3.8) is 0 Å². The molecule has 0 spiro atoms. The topological polar surface area (TPSA) is 92.4 Å². The highest BCUT2D eigenvalue weighted by Gasteiger charge is 2.41. The number of nitrogens with zero attached hydrogens (tertiary/aromatic N) is 1. The maximum atomic E-state index is 12.6. The molecule has 1 fully saturated rings. The molecule has 2 aromatic rings. The third-order valence-electron chi connectivity index (χ3n) is 4.61. The van der Waals surface area contributed by atoms with Gasteiger partial charge in [0, 0.05) is 23.3 Å². The zero-order chi connectivity index (χ0) is 18.7. The minimum absolute atomic E-state index is 0.133. The second kappa shape index (κ2) is 7.84. The smallest absolute Gasteiger partial charge is 0.227 e. The number of hydrogen-bond acceptors (Lipinski definition) is 7. The molecule has 1 amide bonds. The van der Waals surface area contributed by atoms with Crippen LogP contribution in [-0.4, -0.2) is 27.5 Å². The molecule has 2 aromatic heterocycles. The fourth-order valence-electron chi connectivity index (χ4n) is 3.26. The van der Waals surface area contributed by atoms with Gasteiger partial charge < -0.3 is 14.8 Å². The highest BCUT2D eigenvalue weighted by atomic mass is 32.2. The molecule has 0 bridgehead atoms. The molecule has 0 atom stereocenters. The molecule has 1 aliphatic rings. The maximum absolute atomic E-state index is 12.6. The highest BCUT2D eigenvalue weighted by molar-refractivity contribution is 7.99. The van der Waals surface area contributed by atoms with Gasteiger partial charge in [0.25, 0.3) is 0 Å². The molecule has 26 heavy (non-hydrogen) atoms. The van der Waals surface area contributed by atoms with Crippen LogP contribution in [0.4, 0.5) is 0 Å². The summed E-state index contributed by atoms with van der Waals surface area (Å²) in [5.41, 5.74) is -0.276. The second-order valence-electron chi connectivity index (χ2n) is 6.60. The van der Waals surface area contributed by atoms with E-state index in [1.165, 1.54) is 6.07 Å². The molecule has 0 saturated carbocycles. The first-order valence-electron chi connectivity index (χ1n) is 8.49. The molecule has 8 heteroatoms. The SMILES string of the molecule is Cc1cc(=O)c(O)c(C2(CC(=O)NCc3csc(C)n3)CCSCC2)o1. The molecule has 3 heterocycles. The summed E-state index contributed by atoms with van der Waals surface area (Å²) in [6.07, 6.45) is 1.54. The van der Waals surface area contributed by atoms with Crippen molar-refractivity contribution in [2.75, 3.05) is 11.5 Å². The van der Waals surface area contributed by atoms with Crippen LogP contribution in [0.25, 0.3) is 0 Å². The summed E-state index contributed by atoms with van der Waals surface area (Å²) in [7, 11) is 0. The zero-order valence-electron chi connectivity index (χ0n) is 14.8. The van der Waals surface area contributed by atoms with E-state index >= 15 is 0 Å². The molecule has 6 nitrogen and oxygen atoms in total. The van der Waals surface area contributed by atoms with E-state index in [1.807, 2.05) is 12.3 Å². The largest absolute Gasteiger partial charge is 0.502 e. The predicted molar refractivity (Wildman–Crippen MR) is 103 cm³/mol. The van der Waals surface area contributed by atoms with Gasteiger partial charge in [0.05, 0.1) is 17.2 Å². The van der Waals surface area contributed by atoms with Gasteiger partial charge in [-0.3, -0.25) is 9.59 Å². The van der Waals surface area contributed by atoms with Crippen molar-refractivity contribution in [3.05, 3.63) is 43.9 Å². The van der Waals surface area contributed by atoms with Crippen LogP contribution in [0.1, 0.15) is 41.5 Å². The molecule has 0 unspecified atom stereocenters. The average molecular weight is 395 g/mol. The Morgan fingerprint density at radius 2 is 2.12 bits per heavy atom. The molecule has 2 N–H and O–H groups in total. The third-order valence-corrected chi connectivity index (χ3v) is 6.42. The van der Waals surface area contributed by atoms with Gasteiger partial charge in [0.2, 0.25) is 17.1 Å². The van der Waals surface area contributed by atoms with Crippen LogP contribution in [0.3, 0.4) is 0 Å². The standard InChI is InChI=1S/C18H22N2O4S2/c1-11-7-14(21)16(23)17(24-11)18(3-5-25-6-4-18)8-15(22)19-9-13-10-26-12(2)20-13/h7,10,23H,3-6,8-9H2,1-2H3,(H,19,22). The molecule has 0 aromatic carbocycles.